The molecule has 6 heteroatoms. The molecule has 5 nitrogen and oxygen atoms in total. The van der Waals surface area contributed by atoms with Crippen molar-refractivity contribution in [3.8, 4) is 0 Å². The van der Waals surface area contributed by atoms with Crippen LogP contribution >= 0.6 is 11.5 Å². The highest BCUT2D eigenvalue weighted by Gasteiger charge is 2.33. The lowest BCUT2D eigenvalue weighted by atomic mass is 9.87. The van der Waals surface area contributed by atoms with E-state index in [4.69, 9.17) is 0 Å². The second-order valence-electron chi connectivity index (χ2n) is 5.45. The van der Waals surface area contributed by atoms with E-state index in [0.29, 0.717) is 12.1 Å². The van der Waals surface area contributed by atoms with E-state index in [-0.39, 0.29) is 17.5 Å². The molecule has 0 saturated carbocycles. The van der Waals surface area contributed by atoms with Gasteiger partial charge < -0.3 is 10.4 Å². The molecule has 4 rings (SSSR count). The minimum atomic E-state index is -1.12. The Morgan fingerprint density at radius 2 is 2.00 bits per heavy atom. The number of benzene rings is 2. The zero-order chi connectivity index (χ0) is 16.0. The van der Waals surface area contributed by atoms with Crippen molar-refractivity contribution in [2.24, 2.45) is 0 Å². The van der Waals surface area contributed by atoms with Gasteiger partial charge in [0.1, 0.15) is 0 Å². The average molecular weight is 324 g/mol. The summed E-state index contributed by atoms with van der Waals surface area (Å²) < 4.78 is 4.01. The number of carbonyl (C=O) groups is 2. The van der Waals surface area contributed by atoms with Crippen molar-refractivity contribution in [2.75, 3.05) is 5.32 Å². The molecule has 2 heterocycles. The molecule has 0 aliphatic carbocycles. The van der Waals surface area contributed by atoms with Gasteiger partial charge in [0, 0.05) is 12.3 Å². The molecule has 1 atom stereocenters. The fraction of sp³-hybridized carbons (Fsp3) is 0.118. The first-order chi connectivity index (χ1) is 11.1. The van der Waals surface area contributed by atoms with E-state index in [1.54, 1.807) is 0 Å². The molecular weight excluding hydrogens is 312 g/mol. The minimum absolute atomic E-state index is 0.0803. The van der Waals surface area contributed by atoms with Crippen molar-refractivity contribution in [3.05, 3.63) is 58.6 Å². The third-order valence-corrected chi connectivity index (χ3v) is 5.05. The van der Waals surface area contributed by atoms with Crippen LogP contribution in [-0.4, -0.2) is 21.4 Å². The Morgan fingerprint density at radius 3 is 2.83 bits per heavy atom. The Labute approximate surface area is 135 Å². The number of aromatic carboxylic acids is 1. The van der Waals surface area contributed by atoms with Crippen LogP contribution in [0.3, 0.4) is 0 Å². The topological polar surface area (TPSA) is 79.3 Å². The van der Waals surface area contributed by atoms with Crippen LogP contribution in [0.1, 0.15) is 33.3 Å². The number of fused-ring (bicyclic) bond motifs is 2. The maximum Gasteiger partial charge on any atom is 0.357 e. The Kier molecular flexibility index (Phi) is 3.12. The minimum Gasteiger partial charge on any atom is -0.476 e. The third kappa shape index (κ3) is 2.19. The molecule has 1 aliphatic heterocycles. The largest absolute Gasteiger partial charge is 0.476 e. The Morgan fingerprint density at radius 1 is 1.22 bits per heavy atom. The van der Waals surface area contributed by atoms with E-state index in [1.807, 2.05) is 42.5 Å². The van der Waals surface area contributed by atoms with Gasteiger partial charge in [-0.3, -0.25) is 4.79 Å². The number of carboxylic acids is 1. The van der Waals surface area contributed by atoms with E-state index in [2.05, 4.69) is 9.69 Å². The molecule has 3 aromatic rings. The number of anilines is 1. The summed E-state index contributed by atoms with van der Waals surface area (Å²) >= 11 is 1.15. The highest BCUT2D eigenvalue weighted by atomic mass is 32.1. The van der Waals surface area contributed by atoms with E-state index < -0.39 is 5.97 Å². The van der Waals surface area contributed by atoms with Crippen LogP contribution in [0.15, 0.2) is 42.5 Å². The first-order valence-electron chi connectivity index (χ1n) is 7.15. The van der Waals surface area contributed by atoms with E-state index in [0.717, 1.165) is 32.7 Å². The van der Waals surface area contributed by atoms with Crippen molar-refractivity contribution in [2.45, 2.75) is 12.3 Å². The summed E-state index contributed by atoms with van der Waals surface area (Å²) in [5.74, 6) is -1.48. The molecule has 1 aliphatic rings. The number of hydrogen-bond donors (Lipinski definition) is 2. The number of aromatic nitrogens is 1. The number of rotatable bonds is 2. The summed E-state index contributed by atoms with van der Waals surface area (Å²) in [6, 6.07) is 14.0. The number of nitrogens with one attached hydrogen (secondary N) is 1. The molecule has 0 bridgehead atoms. The Hall–Kier alpha value is -2.73. The molecule has 0 saturated heterocycles. The Bertz CT molecular complexity index is 943. The van der Waals surface area contributed by atoms with Crippen molar-refractivity contribution in [3.63, 3.8) is 0 Å². The van der Waals surface area contributed by atoms with Gasteiger partial charge in [-0.15, -0.1) is 0 Å². The number of carboxylic acid groups (broad SMARTS) is 1. The number of nitrogens with zero attached hydrogens (tertiary/aromatic N) is 1. The second-order valence-corrected chi connectivity index (χ2v) is 6.25. The number of hydrogen-bond acceptors (Lipinski definition) is 4. The quantitative estimate of drug-likeness (QED) is 0.756. The van der Waals surface area contributed by atoms with Gasteiger partial charge in [0.2, 0.25) is 5.91 Å². The summed E-state index contributed by atoms with van der Waals surface area (Å²) in [4.78, 5) is 24.2. The van der Waals surface area contributed by atoms with Crippen LogP contribution in [0.2, 0.25) is 0 Å². The summed E-state index contributed by atoms with van der Waals surface area (Å²) in [7, 11) is 0. The van der Waals surface area contributed by atoms with Crippen LogP contribution in [-0.2, 0) is 4.79 Å². The molecule has 0 unspecified atom stereocenters. The molecule has 1 aromatic heterocycles. The van der Waals surface area contributed by atoms with Crippen molar-refractivity contribution >= 4 is 39.9 Å². The highest BCUT2D eigenvalue weighted by molar-refractivity contribution is 7.06. The van der Waals surface area contributed by atoms with Gasteiger partial charge in [0.25, 0.3) is 0 Å². The molecule has 0 radical (unpaired) electrons. The molecule has 0 spiro atoms. The Balaban J connectivity index is 1.93. The van der Waals surface area contributed by atoms with Crippen LogP contribution in [0, 0.1) is 0 Å². The van der Waals surface area contributed by atoms with Crippen molar-refractivity contribution in [1.29, 1.82) is 0 Å². The maximum atomic E-state index is 12.1. The van der Waals surface area contributed by atoms with Gasteiger partial charge in [-0.1, -0.05) is 42.5 Å². The van der Waals surface area contributed by atoms with Gasteiger partial charge in [0.05, 0.1) is 10.6 Å². The van der Waals surface area contributed by atoms with Gasteiger partial charge in [-0.05, 0) is 27.9 Å². The van der Waals surface area contributed by atoms with Gasteiger partial charge in [-0.25, -0.2) is 4.79 Å². The third-order valence-electron chi connectivity index (χ3n) is 4.09. The van der Waals surface area contributed by atoms with Gasteiger partial charge in [0.15, 0.2) is 5.69 Å². The standard InChI is InChI=1S/C17H12N2O3S/c20-13-8-12(16-14(18-13)15(17(21)22)19-23-16)11-7-3-5-9-4-1-2-6-10(9)11/h1-7,12H,8H2,(H,18,20)(H,21,22)/t12-/m0/s1. The zero-order valence-corrected chi connectivity index (χ0v) is 12.8. The predicted octanol–water partition coefficient (Wildman–Crippen LogP) is 3.47. The summed E-state index contributed by atoms with van der Waals surface area (Å²) in [5.41, 5.74) is 1.29. The van der Waals surface area contributed by atoms with E-state index in [1.165, 1.54) is 0 Å². The zero-order valence-electron chi connectivity index (χ0n) is 11.9. The molecule has 2 aromatic carbocycles. The number of amides is 1. The molecule has 114 valence electrons. The summed E-state index contributed by atoms with van der Waals surface area (Å²) in [6.45, 7) is 0. The SMILES string of the molecule is O=C1C[C@@H](c2cccc3ccccc23)c2snc(C(=O)O)c2N1. The second kappa shape index (κ2) is 5.17. The van der Waals surface area contributed by atoms with Crippen molar-refractivity contribution < 1.29 is 14.7 Å². The van der Waals surface area contributed by atoms with Crippen molar-refractivity contribution in [1.82, 2.24) is 4.37 Å². The highest BCUT2D eigenvalue weighted by Crippen LogP contribution is 2.43. The molecule has 1 amide bonds. The predicted molar refractivity (Wildman–Crippen MR) is 88.1 cm³/mol. The molecule has 23 heavy (non-hydrogen) atoms. The summed E-state index contributed by atoms with van der Waals surface area (Å²) in [5, 5.41) is 14.1. The lowest BCUT2D eigenvalue weighted by Crippen LogP contribution is -2.23. The molecule has 0 fully saturated rings. The van der Waals surface area contributed by atoms with E-state index in [9.17, 15) is 14.7 Å². The first kappa shape index (κ1) is 13.9. The van der Waals surface area contributed by atoms with Crippen LogP contribution in [0.25, 0.3) is 10.8 Å². The smallest absolute Gasteiger partial charge is 0.357 e. The lowest BCUT2D eigenvalue weighted by molar-refractivity contribution is -0.116. The van der Waals surface area contributed by atoms with Gasteiger partial charge >= 0.3 is 5.97 Å². The normalized spacial score (nSPS) is 16.9. The number of carbonyl (C=O) groups excluding carboxylic acids is 1. The lowest BCUT2D eigenvalue weighted by Gasteiger charge is -2.23. The van der Waals surface area contributed by atoms with Crippen LogP contribution in [0.5, 0.6) is 0 Å². The summed E-state index contributed by atoms with van der Waals surface area (Å²) in [6.07, 6.45) is 0.294. The molecule has 2 N–H and O–H groups in total. The van der Waals surface area contributed by atoms with Gasteiger partial charge in [-0.2, -0.15) is 4.37 Å². The average Bonchev–Trinajstić information content (AvgIpc) is 2.97. The fourth-order valence-corrected chi connectivity index (χ4v) is 4.02. The molecular formula is C17H12N2O3S. The van der Waals surface area contributed by atoms with E-state index >= 15 is 0 Å². The van der Waals surface area contributed by atoms with Crippen LogP contribution < -0.4 is 5.32 Å². The fourth-order valence-electron chi connectivity index (χ4n) is 3.08. The first-order valence-corrected chi connectivity index (χ1v) is 7.93. The monoisotopic (exact) mass is 324 g/mol. The van der Waals surface area contributed by atoms with Crippen LogP contribution in [0.4, 0.5) is 5.69 Å². The maximum absolute atomic E-state index is 12.1.